The molecule has 0 spiro atoms. The number of aromatic nitrogens is 1. The smallest absolute Gasteiger partial charge is 0.163 e. The molecule has 0 bridgehead atoms. The Bertz CT molecular complexity index is 1050. The average molecular weight is 427 g/mol. The van der Waals surface area contributed by atoms with E-state index in [1.54, 1.807) is 21.3 Å². The van der Waals surface area contributed by atoms with Gasteiger partial charge in [0.1, 0.15) is 11.5 Å². The van der Waals surface area contributed by atoms with Crippen molar-refractivity contribution in [3.63, 3.8) is 0 Å². The van der Waals surface area contributed by atoms with Gasteiger partial charge < -0.3 is 19.9 Å². The molecule has 3 rings (SSSR count). The highest BCUT2D eigenvalue weighted by atomic mass is 32.1. The minimum atomic E-state index is 0.0899. The number of benzene rings is 2. The number of methoxy groups -OCH3 is 3. The van der Waals surface area contributed by atoms with E-state index in [-0.39, 0.29) is 12.2 Å². The van der Waals surface area contributed by atoms with Crippen molar-refractivity contribution in [1.29, 1.82) is 0 Å². The zero-order valence-electron chi connectivity index (χ0n) is 17.7. The molecule has 0 saturated heterocycles. The van der Waals surface area contributed by atoms with E-state index >= 15 is 0 Å². The first kappa shape index (κ1) is 21.8. The Morgan fingerprint density at radius 3 is 2.47 bits per heavy atom. The SMILES string of the molecule is COc1ccc(-c2csnc2-c2cc(C)c(OC)c(OC)c2)cc1CC(=O)CCN. The fourth-order valence-electron chi connectivity index (χ4n) is 3.49. The molecule has 2 N–H and O–H groups in total. The second-order valence-electron chi connectivity index (χ2n) is 6.89. The Morgan fingerprint density at radius 1 is 1.03 bits per heavy atom. The van der Waals surface area contributed by atoms with Crippen LogP contribution in [0, 0.1) is 6.92 Å². The zero-order chi connectivity index (χ0) is 21.7. The molecule has 7 heteroatoms. The van der Waals surface area contributed by atoms with Gasteiger partial charge in [0.15, 0.2) is 11.5 Å². The highest BCUT2D eigenvalue weighted by Gasteiger charge is 2.17. The van der Waals surface area contributed by atoms with Crippen molar-refractivity contribution in [2.75, 3.05) is 27.9 Å². The number of Topliss-reactive ketones (excluding diaryl/α,β-unsaturated/α-hetero) is 1. The van der Waals surface area contributed by atoms with E-state index in [2.05, 4.69) is 4.37 Å². The van der Waals surface area contributed by atoms with Crippen LogP contribution < -0.4 is 19.9 Å². The first-order valence-corrected chi connectivity index (χ1v) is 10.4. The molecule has 0 amide bonds. The summed E-state index contributed by atoms with van der Waals surface area (Å²) in [6, 6.07) is 9.83. The molecule has 0 fully saturated rings. The summed E-state index contributed by atoms with van der Waals surface area (Å²) in [5.74, 6) is 2.15. The van der Waals surface area contributed by atoms with Crippen molar-refractivity contribution in [3.8, 4) is 39.6 Å². The second-order valence-corrected chi connectivity index (χ2v) is 7.52. The molecule has 0 atom stereocenters. The summed E-state index contributed by atoms with van der Waals surface area (Å²) in [4.78, 5) is 12.2. The highest BCUT2D eigenvalue weighted by Crippen LogP contribution is 2.40. The number of hydrogen-bond donors (Lipinski definition) is 1. The number of carbonyl (C=O) groups is 1. The van der Waals surface area contributed by atoms with E-state index < -0.39 is 0 Å². The average Bonchev–Trinajstić information content (AvgIpc) is 3.23. The molecule has 0 aliphatic carbocycles. The van der Waals surface area contributed by atoms with Gasteiger partial charge >= 0.3 is 0 Å². The second kappa shape index (κ2) is 9.73. The van der Waals surface area contributed by atoms with Crippen molar-refractivity contribution >= 4 is 17.3 Å². The molecule has 1 aromatic heterocycles. The van der Waals surface area contributed by atoms with Gasteiger partial charge in [-0.25, -0.2) is 0 Å². The van der Waals surface area contributed by atoms with Crippen LogP contribution in [-0.2, 0) is 11.2 Å². The molecule has 0 aliphatic heterocycles. The van der Waals surface area contributed by atoms with E-state index in [0.29, 0.717) is 30.2 Å². The number of nitrogens with zero attached hydrogens (tertiary/aromatic N) is 1. The Balaban J connectivity index is 2.05. The minimum absolute atomic E-state index is 0.0899. The standard InChI is InChI=1S/C23H26N2O4S/c1-14-9-17(12-21(28-3)23(14)29-4)22-19(13-30-25-22)15-5-6-20(27-2)16(10-15)11-18(26)7-8-24/h5-6,9-10,12-13H,7-8,11,24H2,1-4H3. The summed E-state index contributed by atoms with van der Waals surface area (Å²) in [5, 5.41) is 2.01. The normalized spacial score (nSPS) is 10.7. The predicted molar refractivity (Wildman–Crippen MR) is 120 cm³/mol. The molecule has 1 heterocycles. The number of rotatable bonds is 9. The maximum absolute atomic E-state index is 12.2. The van der Waals surface area contributed by atoms with Gasteiger partial charge in [-0.3, -0.25) is 4.79 Å². The Labute approximate surface area is 180 Å². The number of aryl methyl sites for hydroxylation is 1. The van der Waals surface area contributed by atoms with Gasteiger partial charge in [-0.05, 0) is 60.4 Å². The molecular weight excluding hydrogens is 400 g/mol. The lowest BCUT2D eigenvalue weighted by atomic mass is 9.96. The summed E-state index contributed by atoms with van der Waals surface area (Å²) in [6.45, 7) is 2.32. The van der Waals surface area contributed by atoms with Gasteiger partial charge in [0.05, 0.1) is 27.0 Å². The van der Waals surface area contributed by atoms with E-state index in [1.165, 1.54) is 11.5 Å². The van der Waals surface area contributed by atoms with Crippen LogP contribution in [-0.4, -0.2) is 38.0 Å². The summed E-state index contributed by atoms with van der Waals surface area (Å²) in [5.41, 5.74) is 11.1. The lowest BCUT2D eigenvalue weighted by Crippen LogP contribution is -2.10. The van der Waals surface area contributed by atoms with Crippen molar-refractivity contribution in [2.24, 2.45) is 5.73 Å². The van der Waals surface area contributed by atoms with Crippen LogP contribution >= 0.6 is 11.5 Å². The Hall–Kier alpha value is -2.90. The van der Waals surface area contributed by atoms with Gasteiger partial charge in [0, 0.05) is 34.9 Å². The lowest BCUT2D eigenvalue weighted by molar-refractivity contribution is -0.118. The van der Waals surface area contributed by atoms with Crippen molar-refractivity contribution in [2.45, 2.75) is 19.8 Å². The Kier molecular flexibility index (Phi) is 7.07. The molecule has 3 aromatic rings. The number of carbonyl (C=O) groups excluding carboxylic acids is 1. The third-order valence-electron chi connectivity index (χ3n) is 4.91. The molecule has 2 aromatic carbocycles. The monoisotopic (exact) mass is 426 g/mol. The van der Waals surface area contributed by atoms with E-state index in [1.807, 2.05) is 42.6 Å². The molecule has 0 aliphatic rings. The van der Waals surface area contributed by atoms with Gasteiger partial charge in [-0.1, -0.05) is 6.07 Å². The Morgan fingerprint density at radius 2 is 1.80 bits per heavy atom. The summed E-state index contributed by atoms with van der Waals surface area (Å²) in [6.07, 6.45) is 0.639. The van der Waals surface area contributed by atoms with E-state index in [4.69, 9.17) is 19.9 Å². The summed E-state index contributed by atoms with van der Waals surface area (Å²) >= 11 is 1.39. The molecule has 0 unspecified atom stereocenters. The fourth-order valence-corrected chi connectivity index (χ4v) is 4.20. The number of ether oxygens (including phenoxy) is 3. The molecule has 30 heavy (non-hydrogen) atoms. The number of hydrogen-bond acceptors (Lipinski definition) is 7. The van der Waals surface area contributed by atoms with Crippen LogP contribution in [0.2, 0.25) is 0 Å². The van der Waals surface area contributed by atoms with Crippen LogP contribution in [0.4, 0.5) is 0 Å². The highest BCUT2D eigenvalue weighted by molar-refractivity contribution is 7.04. The predicted octanol–water partition coefficient (Wildman–Crippen LogP) is 4.27. The van der Waals surface area contributed by atoms with Crippen molar-refractivity contribution < 1.29 is 19.0 Å². The molecular formula is C23H26N2O4S. The first-order valence-electron chi connectivity index (χ1n) is 9.58. The van der Waals surface area contributed by atoms with E-state index in [0.717, 1.165) is 33.5 Å². The lowest BCUT2D eigenvalue weighted by Gasteiger charge is -2.14. The topological polar surface area (TPSA) is 83.7 Å². The van der Waals surface area contributed by atoms with Gasteiger partial charge in [0.2, 0.25) is 0 Å². The van der Waals surface area contributed by atoms with Crippen LogP contribution in [0.5, 0.6) is 17.2 Å². The molecule has 158 valence electrons. The molecule has 0 radical (unpaired) electrons. The van der Waals surface area contributed by atoms with Crippen LogP contribution in [0.25, 0.3) is 22.4 Å². The minimum Gasteiger partial charge on any atom is -0.496 e. The quantitative estimate of drug-likeness (QED) is 0.550. The van der Waals surface area contributed by atoms with Crippen LogP contribution in [0.1, 0.15) is 17.5 Å². The molecule has 0 saturated carbocycles. The zero-order valence-corrected chi connectivity index (χ0v) is 18.5. The van der Waals surface area contributed by atoms with Gasteiger partial charge in [-0.15, -0.1) is 0 Å². The first-order chi connectivity index (χ1) is 14.5. The van der Waals surface area contributed by atoms with Gasteiger partial charge in [0.25, 0.3) is 0 Å². The molecule has 6 nitrogen and oxygen atoms in total. The van der Waals surface area contributed by atoms with Crippen molar-refractivity contribution in [3.05, 3.63) is 46.8 Å². The maximum atomic E-state index is 12.2. The fraction of sp³-hybridized carbons (Fsp3) is 0.304. The summed E-state index contributed by atoms with van der Waals surface area (Å²) in [7, 11) is 4.86. The third-order valence-corrected chi connectivity index (χ3v) is 5.54. The van der Waals surface area contributed by atoms with Crippen LogP contribution in [0.3, 0.4) is 0 Å². The van der Waals surface area contributed by atoms with Crippen molar-refractivity contribution in [1.82, 2.24) is 4.37 Å². The number of nitrogens with two attached hydrogens (primary N) is 1. The number of ketones is 1. The maximum Gasteiger partial charge on any atom is 0.163 e. The van der Waals surface area contributed by atoms with Gasteiger partial charge in [-0.2, -0.15) is 4.37 Å². The van der Waals surface area contributed by atoms with Crippen LogP contribution in [0.15, 0.2) is 35.7 Å². The third kappa shape index (κ3) is 4.47. The summed E-state index contributed by atoms with van der Waals surface area (Å²) < 4.78 is 21.0. The largest absolute Gasteiger partial charge is 0.496 e. The van der Waals surface area contributed by atoms with E-state index in [9.17, 15) is 4.79 Å².